The van der Waals surface area contributed by atoms with E-state index in [1.807, 2.05) is 6.92 Å². The summed E-state index contributed by atoms with van der Waals surface area (Å²) in [5, 5.41) is 0. The Bertz CT molecular complexity index is 120. The average Bonchev–Trinajstić information content (AvgIpc) is 2.40. The van der Waals surface area contributed by atoms with Gasteiger partial charge in [-0.15, -0.1) is 0 Å². The smallest absolute Gasteiger partial charge is 0.404 e. The molecule has 3 heteroatoms. The van der Waals surface area contributed by atoms with Crippen molar-refractivity contribution >= 4 is 17.0 Å². The molecule has 1 atom stereocenters. The fourth-order valence-corrected chi connectivity index (χ4v) is 0.949. The van der Waals surface area contributed by atoms with E-state index in [4.69, 9.17) is 16.3 Å². The molecular formula is C6H9ClO2. The predicted octanol–water partition coefficient (Wildman–Crippen LogP) is 2.16. The van der Waals surface area contributed by atoms with Gasteiger partial charge < -0.3 is 4.74 Å². The molecule has 0 saturated heterocycles. The summed E-state index contributed by atoms with van der Waals surface area (Å²) in [6.45, 7) is 1.87. The monoisotopic (exact) mass is 148 g/mol. The summed E-state index contributed by atoms with van der Waals surface area (Å²) in [6.07, 6.45) is 2.37. The van der Waals surface area contributed by atoms with E-state index in [2.05, 4.69) is 0 Å². The van der Waals surface area contributed by atoms with Crippen LogP contribution in [0.5, 0.6) is 0 Å². The Labute approximate surface area is 59.1 Å². The minimum atomic E-state index is -0.686. The SMILES string of the molecule is CC(OC(=O)Cl)C1CC1. The first-order chi connectivity index (χ1) is 4.20. The maximum atomic E-state index is 10.1. The summed E-state index contributed by atoms with van der Waals surface area (Å²) in [5.74, 6) is 0.577. The van der Waals surface area contributed by atoms with Crippen LogP contribution < -0.4 is 0 Å². The van der Waals surface area contributed by atoms with Crippen molar-refractivity contribution < 1.29 is 9.53 Å². The molecule has 0 aliphatic heterocycles. The van der Waals surface area contributed by atoms with Gasteiger partial charge in [-0.1, -0.05) is 0 Å². The molecule has 1 aliphatic carbocycles. The quantitative estimate of drug-likeness (QED) is 0.561. The maximum absolute atomic E-state index is 10.1. The zero-order valence-corrected chi connectivity index (χ0v) is 6.02. The third-order valence-corrected chi connectivity index (χ3v) is 1.65. The molecule has 52 valence electrons. The fraction of sp³-hybridized carbons (Fsp3) is 0.833. The highest BCUT2D eigenvalue weighted by molar-refractivity contribution is 6.61. The van der Waals surface area contributed by atoms with Crippen molar-refractivity contribution in [3.8, 4) is 0 Å². The number of hydrogen-bond acceptors (Lipinski definition) is 2. The van der Waals surface area contributed by atoms with E-state index in [0.717, 1.165) is 0 Å². The van der Waals surface area contributed by atoms with Gasteiger partial charge in [0.15, 0.2) is 0 Å². The van der Waals surface area contributed by atoms with Crippen LogP contribution in [0.15, 0.2) is 0 Å². The molecule has 0 bridgehead atoms. The van der Waals surface area contributed by atoms with Gasteiger partial charge in [0.25, 0.3) is 0 Å². The molecule has 1 aliphatic rings. The number of rotatable bonds is 2. The summed E-state index contributed by atoms with van der Waals surface area (Å²) >= 11 is 4.98. The van der Waals surface area contributed by atoms with Crippen molar-refractivity contribution in [2.45, 2.75) is 25.9 Å². The standard InChI is InChI=1S/C6H9ClO2/c1-4(5-2-3-5)9-6(7)8/h4-5H,2-3H2,1H3. The van der Waals surface area contributed by atoms with E-state index in [0.29, 0.717) is 5.92 Å². The largest absolute Gasteiger partial charge is 0.450 e. The molecule has 0 amide bonds. The molecule has 1 rings (SSSR count). The van der Waals surface area contributed by atoms with Crippen LogP contribution in [0.3, 0.4) is 0 Å². The molecule has 1 unspecified atom stereocenters. The molecule has 0 aromatic heterocycles. The van der Waals surface area contributed by atoms with Crippen LogP contribution in [-0.2, 0) is 4.74 Å². The lowest BCUT2D eigenvalue weighted by atomic mass is 10.3. The van der Waals surface area contributed by atoms with E-state index in [-0.39, 0.29) is 6.10 Å². The molecular weight excluding hydrogens is 140 g/mol. The molecule has 0 N–H and O–H groups in total. The topological polar surface area (TPSA) is 26.3 Å². The highest BCUT2D eigenvalue weighted by atomic mass is 35.5. The first-order valence-corrected chi connectivity index (χ1v) is 3.44. The van der Waals surface area contributed by atoms with Gasteiger partial charge in [-0.05, 0) is 25.7 Å². The van der Waals surface area contributed by atoms with Gasteiger partial charge in [0.1, 0.15) is 6.10 Å². The lowest BCUT2D eigenvalue weighted by Crippen LogP contribution is -2.11. The Morgan fingerprint density at radius 2 is 2.33 bits per heavy atom. The van der Waals surface area contributed by atoms with Gasteiger partial charge in [-0.3, -0.25) is 0 Å². The number of carbonyl (C=O) groups is 1. The van der Waals surface area contributed by atoms with Crippen LogP contribution in [0, 0.1) is 5.92 Å². The molecule has 1 saturated carbocycles. The van der Waals surface area contributed by atoms with Crippen molar-refractivity contribution in [2.75, 3.05) is 0 Å². The second-order valence-electron chi connectivity index (χ2n) is 2.40. The predicted molar refractivity (Wildman–Crippen MR) is 34.5 cm³/mol. The van der Waals surface area contributed by atoms with Crippen LogP contribution in [0.2, 0.25) is 0 Å². The summed E-state index contributed by atoms with van der Waals surface area (Å²) in [5.41, 5.74) is -0.686. The van der Waals surface area contributed by atoms with Crippen LogP contribution in [0.25, 0.3) is 0 Å². The van der Waals surface area contributed by atoms with Crippen molar-refractivity contribution in [1.82, 2.24) is 0 Å². The van der Waals surface area contributed by atoms with Crippen molar-refractivity contribution in [2.24, 2.45) is 5.92 Å². The lowest BCUT2D eigenvalue weighted by Gasteiger charge is -2.07. The third kappa shape index (κ3) is 2.22. The maximum Gasteiger partial charge on any atom is 0.404 e. The first kappa shape index (κ1) is 6.87. The second-order valence-corrected chi connectivity index (χ2v) is 2.71. The van der Waals surface area contributed by atoms with Crippen molar-refractivity contribution in [3.63, 3.8) is 0 Å². The molecule has 2 nitrogen and oxygen atoms in total. The first-order valence-electron chi connectivity index (χ1n) is 3.06. The number of halogens is 1. The number of hydrogen-bond donors (Lipinski definition) is 0. The summed E-state index contributed by atoms with van der Waals surface area (Å²) in [4.78, 5) is 10.1. The van der Waals surface area contributed by atoms with Crippen LogP contribution in [0.1, 0.15) is 19.8 Å². The summed E-state index contributed by atoms with van der Waals surface area (Å²) < 4.78 is 4.70. The van der Waals surface area contributed by atoms with Crippen LogP contribution >= 0.6 is 11.6 Å². The molecule has 1 fully saturated rings. The minimum absolute atomic E-state index is 0.0231. The highest BCUT2D eigenvalue weighted by Gasteiger charge is 2.30. The van der Waals surface area contributed by atoms with Crippen molar-refractivity contribution in [3.05, 3.63) is 0 Å². The van der Waals surface area contributed by atoms with Gasteiger partial charge in [0, 0.05) is 11.6 Å². The molecule has 9 heavy (non-hydrogen) atoms. The fourth-order valence-electron chi connectivity index (χ4n) is 0.808. The molecule has 0 aromatic carbocycles. The number of carbonyl (C=O) groups excluding carboxylic acids is 1. The third-order valence-electron chi connectivity index (χ3n) is 1.56. The van der Waals surface area contributed by atoms with Gasteiger partial charge in [0.2, 0.25) is 0 Å². The molecule has 0 spiro atoms. The average molecular weight is 149 g/mol. The summed E-state index contributed by atoms with van der Waals surface area (Å²) in [6, 6.07) is 0. The van der Waals surface area contributed by atoms with E-state index >= 15 is 0 Å². The summed E-state index contributed by atoms with van der Waals surface area (Å²) in [7, 11) is 0. The van der Waals surface area contributed by atoms with Gasteiger partial charge in [-0.25, -0.2) is 4.79 Å². The molecule has 0 radical (unpaired) electrons. The Morgan fingerprint density at radius 1 is 1.78 bits per heavy atom. The van der Waals surface area contributed by atoms with Crippen molar-refractivity contribution in [1.29, 1.82) is 0 Å². The zero-order chi connectivity index (χ0) is 6.85. The Morgan fingerprint density at radius 3 is 2.67 bits per heavy atom. The zero-order valence-electron chi connectivity index (χ0n) is 5.26. The molecule has 0 aromatic rings. The van der Waals surface area contributed by atoms with E-state index in [9.17, 15) is 4.79 Å². The Balaban J connectivity index is 2.17. The van der Waals surface area contributed by atoms with Gasteiger partial charge >= 0.3 is 5.43 Å². The van der Waals surface area contributed by atoms with Crippen LogP contribution in [-0.4, -0.2) is 11.5 Å². The molecule has 0 heterocycles. The van der Waals surface area contributed by atoms with Crippen LogP contribution in [0.4, 0.5) is 4.79 Å². The highest BCUT2D eigenvalue weighted by Crippen LogP contribution is 2.34. The van der Waals surface area contributed by atoms with E-state index in [1.54, 1.807) is 0 Å². The Hall–Kier alpha value is -0.240. The van der Waals surface area contributed by atoms with Gasteiger partial charge in [-0.2, -0.15) is 0 Å². The van der Waals surface area contributed by atoms with E-state index < -0.39 is 5.43 Å². The normalized spacial score (nSPS) is 21.1. The van der Waals surface area contributed by atoms with E-state index in [1.165, 1.54) is 12.8 Å². The Kier molecular flexibility index (Phi) is 1.96. The lowest BCUT2D eigenvalue weighted by molar-refractivity contribution is 0.119. The second kappa shape index (κ2) is 2.56. The minimum Gasteiger partial charge on any atom is -0.450 e. The number of ether oxygens (including phenoxy) is 1. The van der Waals surface area contributed by atoms with Gasteiger partial charge in [0.05, 0.1) is 0 Å².